The largest absolute Gasteiger partial charge is 0.344 e. The van der Waals surface area contributed by atoms with Crippen molar-refractivity contribution < 1.29 is 35.5 Å². The van der Waals surface area contributed by atoms with Crippen molar-refractivity contribution in [1.29, 1.82) is 0 Å². The molecule has 0 aromatic carbocycles. The Morgan fingerprint density at radius 3 is 1.84 bits per heavy atom. The van der Waals surface area contributed by atoms with E-state index in [9.17, 15) is 26.4 Å². The number of carbonyl (C=O) groups is 2. The van der Waals surface area contributed by atoms with Crippen molar-refractivity contribution in [2.45, 2.75) is 19.0 Å². The summed E-state index contributed by atoms with van der Waals surface area (Å²) < 4.78 is 59.2. The highest BCUT2D eigenvalue weighted by atomic mass is 32.2. The van der Waals surface area contributed by atoms with Gasteiger partial charge >= 0.3 is 0 Å². The molecule has 0 aliphatic heterocycles. The van der Waals surface area contributed by atoms with Crippen molar-refractivity contribution >= 4 is 31.9 Å². The van der Waals surface area contributed by atoms with Gasteiger partial charge in [-0.3, -0.25) is 18.7 Å². The highest BCUT2D eigenvalue weighted by Gasteiger charge is 2.27. The Kier molecular flexibility index (Phi) is 6.02. The normalized spacial score (nSPS) is 15.6. The lowest BCUT2D eigenvalue weighted by Gasteiger charge is -2.17. The van der Waals surface area contributed by atoms with Crippen molar-refractivity contribution in [1.82, 2.24) is 5.32 Å². The van der Waals surface area contributed by atoms with Crippen LogP contribution in [0.2, 0.25) is 0 Å². The lowest BCUT2D eigenvalue weighted by Crippen LogP contribution is -2.52. The standard InChI is InChI=1S/C7H14N2O8S2/c1-4(10)6(3-19(15,16)17)9-7(11)5(8)2-18(12,13)14/h5-6H,2-3,8H2,1H3,(H,9,11)(H,12,13,14)(H,15,16,17). The second-order valence-corrected chi connectivity index (χ2v) is 6.77. The van der Waals surface area contributed by atoms with Crippen LogP contribution in [-0.2, 0) is 29.8 Å². The zero-order chi connectivity index (χ0) is 15.4. The van der Waals surface area contributed by atoms with Crippen LogP contribution in [0.25, 0.3) is 0 Å². The van der Waals surface area contributed by atoms with Gasteiger partial charge in [0.1, 0.15) is 17.8 Å². The Balaban J connectivity index is 4.78. The number of hydrogen-bond donors (Lipinski definition) is 4. The minimum Gasteiger partial charge on any atom is -0.344 e. The van der Waals surface area contributed by atoms with Crippen LogP contribution in [0.4, 0.5) is 0 Å². The predicted octanol–water partition coefficient (Wildman–Crippen LogP) is -2.84. The first-order chi connectivity index (χ1) is 8.32. The average molecular weight is 318 g/mol. The maximum absolute atomic E-state index is 11.4. The fourth-order valence-electron chi connectivity index (χ4n) is 1.05. The number of nitrogens with one attached hydrogen (secondary N) is 1. The number of ketones is 1. The monoisotopic (exact) mass is 318 g/mol. The quantitative estimate of drug-likeness (QED) is 0.359. The van der Waals surface area contributed by atoms with Crippen LogP contribution in [0.1, 0.15) is 6.92 Å². The lowest BCUT2D eigenvalue weighted by molar-refractivity contribution is -0.126. The number of carbonyl (C=O) groups excluding carboxylic acids is 2. The van der Waals surface area contributed by atoms with E-state index in [1.807, 2.05) is 5.32 Å². The van der Waals surface area contributed by atoms with Gasteiger partial charge < -0.3 is 11.1 Å². The van der Waals surface area contributed by atoms with Gasteiger partial charge in [-0.1, -0.05) is 0 Å². The smallest absolute Gasteiger partial charge is 0.267 e. The number of hydrogen-bond acceptors (Lipinski definition) is 7. The topological polar surface area (TPSA) is 181 Å². The van der Waals surface area contributed by atoms with Gasteiger partial charge in [0.05, 0.1) is 5.75 Å². The summed E-state index contributed by atoms with van der Waals surface area (Å²) in [6, 6.07) is -3.24. The molecule has 10 nitrogen and oxygen atoms in total. The zero-order valence-corrected chi connectivity index (χ0v) is 11.4. The highest BCUT2D eigenvalue weighted by molar-refractivity contribution is 7.86. The van der Waals surface area contributed by atoms with E-state index in [2.05, 4.69) is 0 Å². The van der Waals surface area contributed by atoms with E-state index in [4.69, 9.17) is 14.8 Å². The molecule has 0 saturated heterocycles. The minimum atomic E-state index is -4.52. The third kappa shape index (κ3) is 8.61. The molecular weight excluding hydrogens is 304 g/mol. The van der Waals surface area contributed by atoms with Crippen molar-refractivity contribution in [3.63, 3.8) is 0 Å². The molecule has 1 amide bonds. The van der Waals surface area contributed by atoms with E-state index in [1.54, 1.807) is 0 Å². The second-order valence-electron chi connectivity index (χ2n) is 3.78. The summed E-state index contributed by atoms with van der Waals surface area (Å²) in [5.41, 5.74) is 5.14. The number of rotatable bonds is 7. The molecule has 0 heterocycles. The van der Waals surface area contributed by atoms with Crippen LogP contribution in [0, 0.1) is 0 Å². The van der Waals surface area contributed by atoms with Gasteiger partial charge in [0.2, 0.25) is 5.91 Å². The number of nitrogens with two attached hydrogens (primary N) is 1. The van der Waals surface area contributed by atoms with Gasteiger partial charge in [-0.2, -0.15) is 16.8 Å². The van der Waals surface area contributed by atoms with Crippen LogP contribution in [0.3, 0.4) is 0 Å². The summed E-state index contributed by atoms with van der Waals surface area (Å²) in [6.45, 7) is 0.963. The first kappa shape index (κ1) is 17.9. The average Bonchev–Trinajstić information content (AvgIpc) is 2.11. The molecule has 0 fully saturated rings. The molecule has 0 spiro atoms. The Labute approximate surface area is 109 Å². The molecule has 5 N–H and O–H groups in total. The molecular formula is C7H14N2O8S2. The van der Waals surface area contributed by atoms with E-state index in [0.29, 0.717) is 0 Å². The summed E-state index contributed by atoms with van der Waals surface area (Å²) in [4.78, 5) is 22.4. The van der Waals surface area contributed by atoms with Crippen LogP contribution >= 0.6 is 0 Å². The summed E-state index contributed by atoms with van der Waals surface area (Å²) in [5, 5.41) is 1.87. The predicted molar refractivity (Wildman–Crippen MR) is 63.4 cm³/mol. The molecule has 0 aliphatic carbocycles. The third-order valence-electron chi connectivity index (χ3n) is 1.91. The zero-order valence-electron chi connectivity index (χ0n) is 9.81. The summed E-state index contributed by atoms with van der Waals surface area (Å²) >= 11 is 0. The van der Waals surface area contributed by atoms with E-state index >= 15 is 0 Å². The molecule has 0 aliphatic rings. The number of Topliss-reactive ketones (excluding diaryl/α,β-unsaturated/α-hetero) is 1. The van der Waals surface area contributed by atoms with Crippen LogP contribution in [0.5, 0.6) is 0 Å². The molecule has 19 heavy (non-hydrogen) atoms. The molecule has 0 aromatic rings. The van der Waals surface area contributed by atoms with Crippen LogP contribution < -0.4 is 11.1 Å². The summed E-state index contributed by atoms with van der Waals surface area (Å²) in [5.74, 6) is -4.08. The van der Waals surface area contributed by atoms with Crippen molar-refractivity contribution in [2.75, 3.05) is 11.5 Å². The van der Waals surface area contributed by atoms with Crippen LogP contribution in [-0.4, -0.2) is 61.2 Å². The summed E-state index contributed by atoms with van der Waals surface area (Å²) in [7, 11) is -9.02. The number of amides is 1. The molecule has 2 atom stereocenters. The van der Waals surface area contributed by atoms with Gasteiger partial charge in [-0.15, -0.1) is 0 Å². The van der Waals surface area contributed by atoms with Crippen molar-refractivity contribution in [3.05, 3.63) is 0 Å². The molecule has 0 bridgehead atoms. The first-order valence-electron chi connectivity index (χ1n) is 4.78. The van der Waals surface area contributed by atoms with E-state index in [-0.39, 0.29) is 0 Å². The molecule has 0 aromatic heterocycles. The minimum absolute atomic E-state index is 0.773. The Bertz CT molecular complexity index is 552. The molecule has 0 rings (SSSR count). The van der Waals surface area contributed by atoms with E-state index < -0.39 is 55.5 Å². The maximum atomic E-state index is 11.4. The molecule has 2 unspecified atom stereocenters. The van der Waals surface area contributed by atoms with Gasteiger partial charge in [0, 0.05) is 0 Å². The Hall–Kier alpha value is -1.08. The molecule has 0 saturated carbocycles. The summed E-state index contributed by atoms with van der Waals surface area (Å²) in [6.07, 6.45) is 0. The molecule has 12 heteroatoms. The molecule has 112 valence electrons. The van der Waals surface area contributed by atoms with E-state index in [1.165, 1.54) is 0 Å². The van der Waals surface area contributed by atoms with Gasteiger partial charge in [-0.25, -0.2) is 0 Å². The first-order valence-corrected chi connectivity index (χ1v) is 8.00. The van der Waals surface area contributed by atoms with Gasteiger partial charge in [0.15, 0.2) is 5.78 Å². The molecule has 0 radical (unpaired) electrons. The Morgan fingerprint density at radius 2 is 1.53 bits per heavy atom. The Morgan fingerprint density at radius 1 is 1.11 bits per heavy atom. The van der Waals surface area contributed by atoms with E-state index in [0.717, 1.165) is 6.92 Å². The van der Waals surface area contributed by atoms with Gasteiger partial charge in [-0.05, 0) is 6.92 Å². The third-order valence-corrected chi connectivity index (χ3v) is 3.45. The maximum Gasteiger partial charge on any atom is 0.267 e. The lowest BCUT2D eigenvalue weighted by atomic mass is 10.2. The van der Waals surface area contributed by atoms with Crippen molar-refractivity contribution in [2.24, 2.45) is 5.73 Å². The van der Waals surface area contributed by atoms with Gasteiger partial charge in [0.25, 0.3) is 20.2 Å². The highest BCUT2D eigenvalue weighted by Crippen LogP contribution is 1.96. The fourth-order valence-corrected chi connectivity index (χ4v) is 2.40. The van der Waals surface area contributed by atoms with Crippen molar-refractivity contribution in [3.8, 4) is 0 Å². The SMILES string of the molecule is CC(=O)C(CS(=O)(=O)O)NC(=O)C(N)CS(=O)(=O)O. The second kappa shape index (κ2) is 6.38. The fraction of sp³-hybridized carbons (Fsp3) is 0.714. The van der Waals surface area contributed by atoms with Crippen LogP contribution in [0.15, 0.2) is 0 Å².